The number of hydrogen-bond donors (Lipinski definition) is 1. The Kier molecular flexibility index (Phi) is 4.00. The van der Waals surface area contributed by atoms with Crippen molar-refractivity contribution >= 4 is 16.9 Å². The molecule has 114 valence electrons. The Morgan fingerprint density at radius 1 is 1.14 bits per heavy atom. The van der Waals surface area contributed by atoms with Crippen LogP contribution in [0.25, 0.3) is 22.3 Å². The molecule has 0 spiro atoms. The molecule has 22 heavy (non-hydrogen) atoms. The van der Waals surface area contributed by atoms with Crippen LogP contribution in [-0.2, 0) is 6.54 Å². The highest BCUT2D eigenvalue weighted by Crippen LogP contribution is 2.22. The van der Waals surface area contributed by atoms with E-state index in [4.69, 9.17) is 0 Å². The van der Waals surface area contributed by atoms with E-state index in [9.17, 15) is 0 Å². The number of nitrogens with zero attached hydrogens (tertiary/aromatic N) is 5. The molecule has 0 unspecified atom stereocenters. The zero-order valence-corrected chi connectivity index (χ0v) is 13.1. The predicted molar refractivity (Wildman–Crippen MR) is 87.6 cm³/mol. The maximum absolute atomic E-state index is 4.57. The summed E-state index contributed by atoms with van der Waals surface area (Å²) in [5.41, 5.74) is 2.74. The van der Waals surface area contributed by atoms with Gasteiger partial charge in [0.25, 0.3) is 0 Å². The third kappa shape index (κ3) is 2.90. The van der Waals surface area contributed by atoms with Crippen LogP contribution in [0.15, 0.2) is 30.9 Å². The lowest BCUT2D eigenvalue weighted by molar-refractivity contribution is 0.494. The van der Waals surface area contributed by atoms with Gasteiger partial charge in [0.1, 0.15) is 12.1 Å². The van der Waals surface area contributed by atoms with Crippen molar-refractivity contribution in [3.8, 4) is 11.3 Å². The minimum absolute atomic E-state index is 0.652. The first-order valence-corrected chi connectivity index (χ1v) is 7.49. The number of aromatic nitrogens is 5. The van der Waals surface area contributed by atoms with Gasteiger partial charge in [-0.15, -0.1) is 0 Å². The minimum Gasteiger partial charge on any atom is -0.373 e. The summed E-state index contributed by atoms with van der Waals surface area (Å²) in [4.78, 5) is 13.0. The summed E-state index contributed by atoms with van der Waals surface area (Å²) in [7, 11) is 1.84. The van der Waals surface area contributed by atoms with Crippen LogP contribution in [-0.4, -0.2) is 31.8 Å². The summed E-state index contributed by atoms with van der Waals surface area (Å²) < 4.78 is 1.97. The van der Waals surface area contributed by atoms with Gasteiger partial charge in [-0.1, -0.05) is 13.8 Å². The van der Waals surface area contributed by atoms with Gasteiger partial charge in [-0.05, 0) is 18.4 Å². The zero-order valence-electron chi connectivity index (χ0n) is 13.1. The van der Waals surface area contributed by atoms with Crippen molar-refractivity contribution in [3.05, 3.63) is 30.9 Å². The maximum atomic E-state index is 4.57. The molecule has 0 radical (unpaired) electrons. The molecule has 0 aliphatic rings. The third-order valence-electron chi connectivity index (χ3n) is 3.61. The molecular weight excluding hydrogens is 276 g/mol. The van der Waals surface area contributed by atoms with E-state index in [2.05, 4.69) is 45.3 Å². The van der Waals surface area contributed by atoms with Crippen LogP contribution in [0.4, 0.5) is 5.82 Å². The molecule has 3 heterocycles. The number of fused-ring (bicyclic) bond motifs is 1. The average Bonchev–Trinajstić information content (AvgIpc) is 2.95. The Bertz CT molecular complexity index is 777. The molecule has 3 rings (SSSR count). The standard InChI is InChI=1S/C16H20N6/c1-11(2)4-5-22-16-13(9-21-22)6-12(8-18-16)14-7-15(17-3)20-10-19-14/h6-11H,4-5H2,1-3H3,(H,17,19,20). The summed E-state index contributed by atoms with van der Waals surface area (Å²) >= 11 is 0. The van der Waals surface area contributed by atoms with Gasteiger partial charge in [0.05, 0.1) is 11.9 Å². The number of pyridine rings is 1. The zero-order chi connectivity index (χ0) is 15.5. The van der Waals surface area contributed by atoms with E-state index in [1.165, 1.54) is 0 Å². The Morgan fingerprint density at radius 3 is 2.77 bits per heavy atom. The molecular formula is C16H20N6. The maximum Gasteiger partial charge on any atom is 0.157 e. The normalized spacial score (nSPS) is 11.3. The second-order valence-corrected chi connectivity index (χ2v) is 5.73. The number of rotatable bonds is 5. The van der Waals surface area contributed by atoms with E-state index in [-0.39, 0.29) is 0 Å². The number of hydrogen-bond acceptors (Lipinski definition) is 5. The van der Waals surface area contributed by atoms with Gasteiger partial charge in [0.15, 0.2) is 5.65 Å². The van der Waals surface area contributed by atoms with Crippen LogP contribution in [0.1, 0.15) is 20.3 Å². The fourth-order valence-electron chi connectivity index (χ4n) is 2.31. The first-order valence-electron chi connectivity index (χ1n) is 7.49. The lowest BCUT2D eigenvalue weighted by Crippen LogP contribution is -2.03. The molecule has 0 amide bonds. The van der Waals surface area contributed by atoms with Gasteiger partial charge < -0.3 is 5.32 Å². The summed E-state index contributed by atoms with van der Waals surface area (Å²) in [6, 6.07) is 3.98. The van der Waals surface area contributed by atoms with E-state index >= 15 is 0 Å². The van der Waals surface area contributed by atoms with E-state index in [0.717, 1.165) is 41.1 Å². The summed E-state index contributed by atoms with van der Waals surface area (Å²) in [6.45, 7) is 5.32. The molecule has 0 aromatic carbocycles. The molecule has 0 saturated heterocycles. The molecule has 6 nitrogen and oxygen atoms in total. The Labute approximate surface area is 129 Å². The van der Waals surface area contributed by atoms with Crippen LogP contribution >= 0.6 is 0 Å². The number of nitrogens with one attached hydrogen (secondary N) is 1. The van der Waals surface area contributed by atoms with Crippen molar-refractivity contribution in [3.63, 3.8) is 0 Å². The molecule has 0 bridgehead atoms. The van der Waals surface area contributed by atoms with Crippen molar-refractivity contribution in [2.45, 2.75) is 26.8 Å². The summed E-state index contributed by atoms with van der Waals surface area (Å²) in [5, 5.41) is 8.50. The Hall–Kier alpha value is -2.50. The lowest BCUT2D eigenvalue weighted by atomic mass is 10.1. The van der Waals surface area contributed by atoms with Gasteiger partial charge >= 0.3 is 0 Å². The van der Waals surface area contributed by atoms with Gasteiger partial charge in [-0.2, -0.15) is 5.10 Å². The highest BCUT2D eigenvalue weighted by molar-refractivity contribution is 5.80. The third-order valence-corrected chi connectivity index (χ3v) is 3.61. The molecule has 1 N–H and O–H groups in total. The predicted octanol–water partition coefficient (Wildman–Crippen LogP) is 2.98. The van der Waals surface area contributed by atoms with Crippen molar-refractivity contribution in [2.24, 2.45) is 5.92 Å². The Morgan fingerprint density at radius 2 is 2.00 bits per heavy atom. The van der Waals surface area contributed by atoms with E-state index in [1.807, 2.05) is 30.2 Å². The van der Waals surface area contributed by atoms with Crippen molar-refractivity contribution in [1.82, 2.24) is 24.7 Å². The summed E-state index contributed by atoms with van der Waals surface area (Å²) in [6.07, 6.45) is 6.36. The van der Waals surface area contributed by atoms with E-state index in [1.54, 1.807) is 6.33 Å². The highest BCUT2D eigenvalue weighted by Gasteiger charge is 2.08. The SMILES string of the molecule is CNc1cc(-c2cnc3c(cnn3CCC(C)C)c2)ncn1. The van der Waals surface area contributed by atoms with E-state index < -0.39 is 0 Å². The fourth-order valence-corrected chi connectivity index (χ4v) is 2.31. The number of anilines is 1. The van der Waals surface area contributed by atoms with Crippen LogP contribution < -0.4 is 5.32 Å². The van der Waals surface area contributed by atoms with Crippen molar-refractivity contribution in [1.29, 1.82) is 0 Å². The quantitative estimate of drug-likeness (QED) is 0.784. The second kappa shape index (κ2) is 6.09. The van der Waals surface area contributed by atoms with Crippen LogP contribution in [0, 0.1) is 5.92 Å². The average molecular weight is 296 g/mol. The fraction of sp³-hybridized carbons (Fsp3) is 0.375. The van der Waals surface area contributed by atoms with Gasteiger partial charge in [0, 0.05) is 36.8 Å². The minimum atomic E-state index is 0.652. The molecule has 6 heteroatoms. The van der Waals surface area contributed by atoms with Gasteiger partial charge in [-0.3, -0.25) is 0 Å². The van der Waals surface area contributed by atoms with E-state index in [0.29, 0.717) is 5.92 Å². The second-order valence-electron chi connectivity index (χ2n) is 5.73. The first kappa shape index (κ1) is 14.4. The van der Waals surface area contributed by atoms with Crippen LogP contribution in [0.5, 0.6) is 0 Å². The molecule has 0 atom stereocenters. The largest absolute Gasteiger partial charge is 0.373 e. The lowest BCUT2D eigenvalue weighted by Gasteiger charge is -2.06. The topological polar surface area (TPSA) is 68.5 Å². The molecule has 0 fully saturated rings. The van der Waals surface area contributed by atoms with Crippen molar-refractivity contribution < 1.29 is 0 Å². The molecule has 3 aromatic rings. The smallest absolute Gasteiger partial charge is 0.157 e. The van der Waals surface area contributed by atoms with Gasteiger partial charge in [-0.25, -0.2) is 19.6 Å². The van der Waals surface area contributed by atoms with Crippen LogP contribution in [0.2, 0.25) is 0 Å². The monoisotopic (exact) mass is 296 g/mol. The first-order chi connectivity index (χ1) is 10.7. The Balaban J connectivity index is 1.93. The van der Waals surface area contributed by atoms with Crippen molar-refractivity contribution in [2.75, 3.05) is 12.4 Å². The number of aryl methyl sites for hydroxylation is 1. The summed E-state index contributed by atoms with van der Waals surface area (Å²) in [5.74, 6) is 1.44. The molecule has 0 saturated carbocycles. The highest BCUT2D eigenvalue weighted by atomic mass is 15.3. The molecule has 3 aromatic heterocycles. The molecule has 0 aliphatic heterocycles. The molecule has 0 aliphatic carbocycles. The van der Waals surface area contributed by atoms with Crippen LogP contribution in [0.3, 0.4) is 0 Å². The van der Waals surface area contributed by atoms with Gasteiger partial charge in [0.2, 0.25) is 0 Å².